The maximum absolute atomic E-state index is 15.6. The first-order chi connectivity index (χ1) is 42.7. The smallest absolute Gasteiger partial charge is 0.408 e. The molecule has 4 bridgehead atoms. The van der Waals surface area contributed by atoms with Crippen LogP contribution in [0, 0.1) is 11.8 Å². The highest BCUT2D eigenvalue weighted by atomic mass is 16.5. The summed E-state index contributed by atoms with van der Waals surface area (Å²) in [6.07, 6.45) is 1.39. The standard InChI is InChI=1S/C71H72N6O11/c1-45(2)62(77-70(82)86-43-51-26-16-9-17-27-51)68(81)74-59-37-52-30-33-61(85-42-50-24-14-8-15-25-50)57(36-52)71(44-87-47(5)78,56-28-18-19-29-60(56)84-41-49-22-12-7-13-23-49)65-64(76-69(88-65)63(46(3)4)75-66(59)79)67(80)72-35-34-53-39-73-58-32-31-54(38-55(53)58)83-40-48-20-10-6-11-21-48/h6-33,36,38-39,45-46,59,62-63,73H,34-35,37,40-44H2,1-5H3,(H,72,80)(H,74,81)(H,75,79)(H,77,82)/t59-,62-,63-,71-/m0/s1. The number of amides is 4. The zero-order valence-electron chi connectivity index (χ0n) is 49.9. The number of carbonyl (C=O) groups excluding carboxylic acids is 5. The number of hydrogen-bond acceptors (Lipinski definition) is 12. The van der Waals surface area contributed by atoms with Gasteiger partial charge in [-0.25, -0.2) is 9.78 Å². The van der Waals surface area contributed by atoms with Crippen molar-refractivity contribution in [2.24, 2.45) is 11.8 Å². The average Bonchev–Trinajstić information content (AvgIpc) is 1.47. The van der Waals surface area contributed by atoms with Crippen molar-refractivity contribution in [3.8, 4) is 17.2 Å². The third kappa shape index (κ3) is 14.7. The van der Waals surface area contributed by atoms with Crippen LogP contribution in [0.2, 0.25) is 0 Å². The van der Waals surface area contributed by atoms with E-state index in [0.717, 1.165) is 38.7 Å². The number of ether oxygens (including phenoxy) is 5. The third-order valence-corrected chi connectivity index (χ3v) is 15.5. The Balaban J connectivity index is 1.09. The first kappa shape index (κ1) is 60.9. The second kappa shape index (κ2) is 28.4. The molecule has 17 nitrogen and oxygen atoms in total. The lowest BCUT2D eigenvalue weighted by atomic mass is 9.70. The molecule has 5 N–H and O–H groups in total. The van der Waals surface area contributed by atoms with Crippen molar-refractivity contribution in [2.45, 2.75) is 97.4 Å². The summed E-state index contributed by atoms with van der Waals surface area (Å²) in [6, 6.07) is 53.3. The molecule has 0 spiro atoms. The Hall–Kier alpha value is -10.2. The molecule has 3 heterocycles. The molecule has 452 valence electrons. The summed E-state index contributed by atoms with van der Waals surface area (Å²) in [5.74, 6) is -2.12. The first-order valence-corrected chi connectivity index (χ1v) is 29.6. The molecular formula is C71H72N6O11. The minimum absolute atomic E-state index is 0.0265. The predicted octanol–water partition coefficient (Wildman–Crippen LogP) is 11.6. The molecule has 4 atom stereocenters. The number of oxazole rings is 1. The number of fused-ring (bicyclic) bond motifs is 5. The molecule has 0 aliphatic carbocycles. The number of rotatable bonds is 23. The van der Waals surface area contributed by atoms with Gasteiger partial charge in [0.15, 0.2) is 11.5 Å². The first-order valence-electron chi connectivity index (χ1n) is 29.6. The van der Waals surface area contributed by atoms with Crippen LogP contribution in [0.5, 0.6) is 17.2 Å². The van der Waals surface area contributed by atoms with Crippen LogP contribution in [0.4, 0.5) is 4.79 Å². The highest BCUT2D eigenvalue weighted by Gasteiger charge is 2.50. The number of alkyl carbamates (subject to hydrolysis) is 1. The Kier molecular flexibility index (Phi) is 19.6. The minimum atomic E-state index is -1.83. The average molecular weight is 1190 g/mol. The normalized spacial score (nSPS) is 15.9. The Bertz CT molecular complexity index is 3850. The molecule has 10 rings (SSSR count). The third-order valence-electron chi connectivity index (χ3n) is 15.5. The van der Waals surface area contributed by atoms with E-state index < -0.39 is 71.8 Å². The van der Waals surface area contributed by atoms with Crippen LogP contribution in [0.3, 0.4) is 0 Å². The maximum Gasteiger partial charge on any atom is 0.408 e. The van der Waals surface area contributed by atoms with Crippen molar-refractivity contribution in [3.63, 3.8) is 0 Å². The Labute approximate surface area is 511 Å². The van der Waals surface area contributed by atoms with Gasteiger partial charge in [-0.2, -0.15) is 0 Å². The summed E-state index contributed by atoms with van der Waals surface area (Å²) in [5.41, 5.74) is 4.63. The van der Waals surface area contributed by atoms with Gasteiger partial charge in [-0.15, -0.1) is 0 Å². The Morgan fingerprint density at radius 3 is 1.88 bits per heavy atom. The van der Waals surface area contributed by atoms with Crippen LogP contribution in [-0.2, 0) is 68.5 Å². The van der Waals surface area contributed by atoms with Crippen molar-refractivity contribution < 1.29 is 52.1 Å². The van der Waals surface area contributed by atoms with Crippen LogP contribution < -0.4 is 35.5 Å². The van der Waals surface area contributed by atoms with Gasteiger partial charge in [0.2, 0.25) is 17.7 Å². The van der Waals surface area contributed by atoms with E-state index in [-0.39, 0.29) is 50.1 Å². The molecule has 1 aliphatic rings. The molecule has 0 saturated carbocycles. The zero-order chi connectivity index (χ0) is 61.6. The van der Waals surface area contributed by atoms with Gasteiger partial charge < -0.3 is 54.4 Å². The largest absolute Gasteiger partial charge is 0.489 e. The summed E-state index contributed by atoms with van der Waals surface area (Å²) in [7, 11) is 0. The quantitative estimate of drug-likeness (QED) is 0.0378. The highest BCUT2D eigenvalue weighted by Crippen LogP contribution is 2.50. The second-order valence-corrected chi connectivity index (χ2v) is 22.5. The van der Waals surface area contributed by atoms with Crippen molar-refractivity contribution in [3.05, 3.63) is 250 Å². The molecule has 17 heteroatoms. The number of carbonyl (C=O) groups is 5. The predicted molar refractivity (Wildman–Crippen MR) is 332 cm³/mol. The molecule has 0 fully saturated rings. The number of aromatic amines is 1. The topological polar surface area (TPSA) is 221 Å². The molecule has 2 aromatic heterocycles. The number of para-hydroxylation sites is 1. The van der Waals surface area contributed by atoms with Gasteiger partial charge in [-0.05, 0) is 82.0 Å². The molecule has 0 saturated heterocycles. The summed E-state index contributed by atoms with van der Waals surface area (Å²) in [4.78, 5) is 80.7. The van der Waals surface area contributed by atoms with E-state index >= 15 is 9.59 Å². The minimum Gasteiger partial charge on any atom is -0.489 e. The molecule has 9 aromatic rings. The molecule has 88 heavy (non-hydrogen) atoms. The molecule has 4 amide bonds. The van der Waals surface area contributed by atoms with Gasteiger partial charge in [0.1, 0.15) is 73.8 Å². The Morgan fingerprint density at radius 2 is 1.26 bits per heavy atom. The number of nitrogens with one attached hydrogen (secondary N) is 5. The number of aromatic nitrogens is 2. The molecule has 7 aromatic carbocycles. The summed E-state index contributed by atoms with van der Waals surface area (Å²) in [6.45, 7) is 8.82. The monoisotopic (exact) mass is 1180 g/mol. The lowest BCUT2D eigenvalue weighted by Crippen LogP contribution is -2.56. The number of H-pyrrole nitrogens is 1. The van der Waals surface area contributed by atoms with Gasteiger partial charge in [0.25, 0.3) is 5.91 Å². The lowest BCUT2D eigenvalue weighted by molar-refractivity contribution is -0.142. The van der Waals surface area contributed by atoms with Crippen LogP contribution in [0.25, 0.3) is 10.9 Å². The number of benzene rings is 7. The van der Waals surface area contributed by atoms with Crippen LogP contribution in [0.15, 0.2) is 193 Å². The lowest BCUT2D eigenvalue weighted by Gasteiger charge is -2.36. The molecule has 1 aliphatic heterocycles. The summed E-state index contributed by atoms with van der Waals surface area (Å²) < 4.78 is 38.8. The van der Waals surface area contributed by atoms with Crippen LogP contribution >= 0.6 is 0 Å². The fraction of sp³-hybridized carbons (Fsp3) is 0.268. The van der Waals surface area contributed by atoms with E-state index in [0.29, 0.717) is 47.0 Å². The molecule has 0 radical (unpaired) electrons. The van der Waals surface area contributed by atoms with E-state index in [1.165, 1.54) is 6.92 Å². The van der Waals surface area contributed by atoms with Crippen LogP contribution in [0.1, 0.15) is 107 Å². The van der Waals surface area contributed by atoms with E-state index in [2.05, 4.69) is 26.3 Å². The highest BCUT2D eigenvalue weighted by molar-refractivity contribution is 5.95. The van der Waals surface area contributed by atoms with Gasteiger partial charge in [-0.3, -0.25) is 19.2 Å². The van der Waals surface area contributed by atoms with Gasteiger partial charge in [-0.1, -0.05) is 179 Å². The Morgan fingerprint density at radius 1 is 0.670 bits per heavy atom. The van der Waals surface area contributed by atoms with E-state index in [1.807, 2.05) is 184 Å². The fourth-order valence-electron chi connectivity index (χ4n) is 10.8. The number of esters is 1. The number of hydrogen-bond donors (Lipinski definition) is 5. The molecule has 0 unspecified atom stereocenters. The molecular weight excluding hydrogens is 1110 g/mol. The van der Waals surface area contributed by atoms with Crippen LogP contribution in [-0.4, -0.2) is 65.0 Å². The maximum atomic E-state index is 15.6. The van der Waals surface area contributed by atoms with Gasteiger partial charge in [0.05, 0.1) is 0 Å². The van der Waals surface area contributed by atoms with Gasteiger partial charge >= 0.3 is 12.1 Å². The zero-order valence-corrected chi connectivity index (χ0v) is 49.9. The van der Waals surface area contributed by atoms with Crippen molar-refractivity contribution in [1.82, 2.24) is 31.2 Å². The second-order valence-electron chi connectivity index (χ2n) is 22.5. The summed E-state index contributed by atoms with van der Waals surface area (Å²) in [5, 5.41) is 12.9. The van der Waals surface area contributed by atoms with Crippen molar-refractivity contribution >= 4 is 40.7 Å². The van der Waals surface area contributed by atoms with Crippen molar-refractivity contribution in [1.29, 1.82) is 0 Å². The van der Waals surface area contributed by atoms with E-state index in [1.54, 1.807) is 32.0 Å². The SMILES string of the molecule is CC(=O)OC[C@]1(c2ccccc2OCc2ccccc2)c2cc(ccc2OCc2ccccc2)C[C@H](NC(=O)[C@@H](NC(=O)OCc2ccccc2)C(C)C)C(=O)N[C@@H](C(C)C)c2nc(C(=O)NCCc3c[nH]c4ccc(OCc5ccccc5)cc34)c1o2. The van der Waals surface area contributed by atoms with E-state index in [9.17, 15) is 14.4 Å². The fourth-order valence-corrected chi connectivity index (χ4v) is 10.8. The van der Waals surface area contributed by atoms with Gasteiger partial charge in [0, 0.05) is 48.1 Å². The van der Waals surface area contributed by atoms with Crippen molar-refractivity contribution in [2.75, 3.05) is 13.2 Å². The van der Waals surface area contributed by atoms with E-state index in [4.69, 9.17) is 33.1 Å². The number of nitrogens with zero attached hydrogens (tertiary/aromatic N) is 1. The summed E-state index contributed by atoms with van der Waals surface area (Å²) >= 11 is 0.